The first kappa shape index (κ1) is 23.3. The lowest BCUT2D eigenvalue weighted by molar-refractivity contribution is 0.206. The van der Waals surface area contributed by atoms with Crippen LogP contribution < -0.4 is 0 Å². The number of piperidine rings is 1. The van der Waals surface area contributed by atoms with Gasteiger partial charge in [0.25, 0.3) is 0 Å². The molecule has 0 bridgehead atoms. The normalized spacial score (nSPS) is 15.0. The van der Waals surface area contributed by atoms with Crippen LogP contribution in [-0.4, -0.2) is 44.1 Å². The number of likely N-dealkylation sites (tertiary alicyclic amines) is 1. The molecule has 3 aromatic heterocycles. The fourth-order valence-electron chi connectivity index (χ4n) is 5.40. The van der Waals surface area contributed by atoms with Crippen LogP contribution in [0.5, 0.6) is 0 Å². The predicted molar refractivity (Wildman–Crippen MR) is 140 cm³/mol. The number of benzene rings is 2. The van der Waals surface area contributed by atoms with Crippen molar-refractivity contribution >= 4 is 21.9 Å². The number of hydrogen-bond donors (Lipinski definition) is 0. The van der Waals surface area contributed by atoms with Crippen molar-refractivity contribution in [1.29, 1.82) is 5.26 Å². The number of nitriles is 1. The van der Waals surface area contributed by atoms with Crippen LogP contribution in [0, 0.1) is 28.9 Å². The molecule has 4 heterocycles. The smallest absolute Gasteiger partial charge is 0.141 e. The zero-order chi connectivity index (χ0) is 25.7. The maximum absolute atomic E-state index is 15.5. The number of aryl methyl sites for hydroxylation is 1. The molecular formula is C29H26F2N6. The minimum absolute atomic E-state index is 0.0462. The summed E-state index contributed by atoms with van der Waals surface area (Å²) in [5.41, 5.74) is 3.96. The predicted octanol–water partition coefficient (Wildman–Crippen LogP) is 5.75. The van der Waals surface area contributed by atoms with Gasteiger partial charge in [0, 0.05) is 36.3 Å². The first-order valence-electron chi connectivity index (χ1n) is 12.4. The molecule has 1 fully saturated rings. The lowest BCUT2D eigenvalue weighted by Gasteiger charge is -2.29. The molecule has 0 unspecified atom stereocenters. The second-order valence-corrected chi connectivity index (χ2v) is 9.98. The van der Waals surface area contributed by atoms with Crippen LogP contribution in [0.25, 0.3) is 44.3 Å². The summed E-state index contributed by atoms with van der Waals surface area (Å²) in [6.45, 7) is 2.95. The molecule has 37 heavy (non-hydrogen) atoms. The van der Waals surface area contributed by atoms with Crippen molar-refractivity contribution in [3.63, 3.8) is 0 Å². The average molecular weight is 497 g/mol. The fraction of sp³-hybridized carbons (Fsp3) is 0.276. The highest BCUT2D eigenvalue weighted by molar-refractivity contribution is 6.00. The van der Waals surface area contributed by atoms with Crippen LogP contribution in [0.15, 0.2) is 55.1 Å². The lowest BCUT2D eigenvalue weighted by atomic mass is 9.95. The molecule has 5 aromatic rings. The van der Waals surface area contributed by atoms with E-state index >= 15 is 4.39 Å². The Balaban J connectivity index is 1.54. The number of rotatable bonds is 4. The molecule has 0 aliphatic carbocycles. The van der Waals surface area contributed by atoms with E-state index in [9.17, 15) is 9.65 Å². The van der Waals surface area contributed by atoms with Gasteiger partial charge in [-0.2, -0.15) is 5.26 Å². The molecule has 0 radical (unpaired) electrons. The van der Waals surface area contributed by atoms with Crippen molar-refractivity contribution in [3.8, 4) is 28.5 Å². The quantitative estimate of drug-likeness (QED) is 0.318. The van der Waals surface area contributed by atoms with Crippen LogP contribution in [0.2, 0.25) is 0 Å². The third-order valence-corrected chi connectivity index (χ3v) is 7.57. The summed E-state index contributed by atoms with van der Waals surface area (Å²) in [7, 11) is 4.01. The van der Waals surface area contributed by atoms with Gasteiger partial charge in [0.05, 0.1) is 34.8 Å². The number of halogens is 2. The SMILES string of the molecule is CN1CCC(Cn2cnc3c(-c4ccc(C#N)c(F)c4)c(-c4cc5ccn(C)c5cc4F)ncc32)CC1. The number of nitrogens with zero attached hydrogens (tertiary/aromatic N) is 6. The van der Waals surface area contributed by atoms with E-state index in [4.69, 9.17) is 9.97 Å². The van der Waals surface area contributed by atoms with E-state index in [-0.39, 0.29) is 5.56 Å². The van der Waals surface area contributed by atoms with E-state index in [1.165, 1.54) is 18.2 Å². The largest absolute Gasteiger partial charge is 0.350 e. The van der Waals surface area contributed by atoms with Gasteiger partial charge in [0.2, 0.25) is 0 Å². The Morgan fingerprint density at radius 3 is 2.57 bits per heavy atom. The molecule has 0 atom stereocenters. The molecule has 8 heteroatoms. The Morgan fingerprint density at radius 1 is 1.00 bits per heavy atom. The Morgan fingerprint density at radius 2 is 1.81 bits per heavy atom. The van der Waals surface area contributed by atoms with Crippen LogP contribution >= 0.6 is 0 Å². The first-order chi connectivity index (χ1) is 17.9. The van der Waals surface area contributed by atoms with Crippen molar-refractivity contribution in [2.24, 2.45) is 13.0 Å². The van der Waals surface area contributed by atoms with Crippen molar-refractivity contribution in [3.05, 3.63) is 72.3 Å². The van der Waals surface area contributed by atoms with Gasteiger partial charge in [0.1, 0.15) is 23.2 Å². The third-order valence-electron chi connectivity index (χ3n) is 7.57. The second kappa shape index (κ2) is 9.09. The van der Waals surface area contributed by atoms with Crippen LogP contribution in [-0.2, 0) is 13.6 Å². The number of hydrogen-bond acceptors (Lipinski definition) is 4. The number of aromatic nitrogens is 4. The van der Waals surface area contributed by atoms with E-state index in [1.54, 1.807) is 24.7 Å². The van der Waals surface area contributed by atoms with Crippen molar-refractivity contribution in [1.82, 2.24) is 24.0 Å². The van der Waals surface area contributed by atoms with Gasteiger partial charge in [-0.3, -0.25) is 4.98 Å². The topological polar surface area (TPSA) is 62.7 Å². The minimum atomic E-state index is -0.632. The molecule has 0 amide bonds. The van der Waals surface area contributed by atoms with Gasteiger partial charge in [-0.25, -0.2) is 13.8 Å². The Labute approximate surface area is 213 Å². The summed E-state index contributed by atoms with van der Waals surface area (Å²) >= 11 is 0. The molecule has 1 aliphatic rings. The molecule has 1 aliphatic heterocycles. The van der Waals surface area contributed by atoms with Crippen LogP contribution in [0.1, 0.15) is 18.4 Å². The monoisotopic (exact) mass is 496 g/mol. The van der Waals surface area contributed by atoms with E-state index in [1.807, 2.05) is 29.9 Å². The third kappa shape index (κ3) is 4.05. The second-order valence-electron chi connectivity index (χ2n) is 9.98. The van der Waals surface area contributed by atoms with Crippen LogP contribution in [0.4, 0.5) is 8.78 Å². The van der Waals surface area contributed by atoms with Crippen molar-refractivity contribution in [2.45, 2.75) is 19.4 Å². The number of imidazole rings is 1. The highest BCUT2D eigenvalue weighted by Gasteiger charge is 2.23. The van der Waals surface area contributed by atoms with Gasteiger partial charge in [-0.15, -0.1) is 0 Å². The maximum atomic E-state index is 15.5. The summed E-state index contributed by atoms with van der Waals surface area (Å²) in [6, 6.07) is 11.5. The first-order valence-corrected chi connectivity index (χ1v) is 12.4. The molecule has 0 N–H and O–H groups in total. The molecule has 6 rings (SSSR count). The summed E-state index contributed by atoms with van der Waals surface area (Å²) in [6.07, 6.45) is 7.64. The summed E-state index contributed by atoms with van der Waals surface area (Å²) in [5.74, 6) is -0.517. The van der Waals surface area contributed by atoms with Gasteiger partial charge in [-0.1, -0.05) is 6.07 Å². The standard InChI is InChI=1S/C29H26F2N6/c1-35-8-5-18(6-9-35)16-37-17-34-29-26(37)15-33-28(27(29)20-3-4-21(14-32)23(30)12-20)22-11-19-7-10-36(2)25(19)13-24(22)31/h3-4,7,10-13,15,17-18H,5-6,8-9,16H2,1-2H3. The van der Waals surface area contributed by atoms with Crippen molar-refractivity contribution < 1.29 is 8.78 Å². The van der Waals surface area contributed by atoms with Crippen LogP contribution in [0.3, 0.4) is 0 Å². The summed E-state index contributed by atoms with van der Waals surface area (Å²) in [4.78, 5) is 11.8. The maximum Gasteiger partial charge on any atom is 0.141 e. The van der Waals surface area contributed by atoms with Gasteiger partial charge in [-0.05, 0) is 74.8 Å². The zero-order valence-electron chi connectivity index (χ0n) is 20.7. The fourth-order valence-corrected chi connectivity index (χ4v) is 5.40. The highest BCUT2D eigenvalue weighted by atomic mass is 19.1. The Hall–Kier alpha value is -4.09. The van der Waals surface area contributed by atoms with Gasteiger partial charge in [0.15, 0.2) is 0 Å². The Kier molecular flexibility index (Phi) is 5.73. The molecule has 2 aromatic carbocycles. The average Bonchev–Trinajstić information content (AvgIpc) is 3.47. The summed E-state index contributed by atoms with van der Waals surface area (Å²) in [5, 5.41) is 10.1. The molecular weight excluding hydrogens is 470 g/mol. The molecule has 6 nitrogen and oxygen atoms in total. The minimum Gasteiger partial charge on any atom is -0.350 e. The van der Waals surface area contributed by atoms with Gasteiger partial charge >= 0.3 is 0 Å². The van der Waals surface area contributed by atoms with E-state index in [0.717, 1.165) is 48.9 Å². The highest BCUT2D eigenvalue weighted by Crippen LogP contribution is 2.39. The van der Waals surface area contributed by atoms with E-state index in [0.29, 0.717) is 33.8 Å². The summed E-state index contributed by atoms with van der Waals surface area (Å²) < 4.78 is 34.2. The van der Waals surface area contributed by atoms with Crippen molar-refractivity contribution in [2.75, 3.05) is 20.1 Å². The van der Waals surface area contributed by atoms with Gasteiger partial charge < -0.3 is 14.0 Å². The Bertz CT molecular complexity index is 1680. The molecule has 186 valence electrons. The number of fused-ring (bicyclic) bond motifs is 2. The zero-order valence-corrected chi connectivity index (χ0v) is 20.7. The lowest BCUT2D eigenvalue weighted by Crippen LogP contribution is -2.31. The molecule has 1 saturated heterocycles. The number of pyridine rings is 1. The van der Waals surface area contributed by atoms with E-state index < -0.39 is 11.6 Å². The van der Waals surface area contributed by atoms with E-state index in [2.05, 4.69) is 16.5 Å². The molecule has 0 spiro atoms. The molecule has 0 saturated carbocycles.